The zero-order chi connectivity index (χ0) is 9.97. The van der Waals surface area contributed by atoms with Gasteiger partial charge in [-0.15, -0.1) is 0 Å². The van der Waals surface area contributed by atoms with E-state index in [0.29, 0.717) is 11.7 Å². The summed E-state index contributed by atoms with van der Waals surface area (Å²) < 4.78 is 5.27. The Labute approximate surface area is 85.2 Å². The van der Waals surface area contributed by atoms with E-state index in [9.17, 15) is 4.79 Å². The van der Waals surface area contributed by atoms with Gasteiger partial charge in [-0.25, -0.2) is 0 Å². The molecule has 2 heterocycles. The number of nitrogens with one attached hydrogen (secondary N) is 1. The van der Waals surface area contributed by atoms with Gasteiger partial charge in [0.25, 0.3) is 0 Å². The molecule has 0 bridgehead atoms. The molecule has 3 heteroatoms. The van der Waals surface area contributed by atoms with E-state index in [-0.39, 0.29) is 11.8 Å². The van der Waals surface area contributed by atoms with Crippen molar-refractivity contribution in [2.24, 2.45) is 17.8 Å². The van der Waals surface area contributed by atoms with Crippen molar-refractivity contribution in [1.82, 2.24) is 5.32 Å². The van der Waals surface area contributed by atoms with Crippen molar-refractivity contribution in [3.05, 3.63) is 0 Å². The fraction of sp³-hybridized carbons (Fsp3) is 0.909. The van der Waals surface area contributed by atoms with Gasteiger partial charge in [0.1, 0.15) is 5.78 Å². The second kappa shape index (κ2) is 4.41. The third kappa shape index (κ3) is 1.98. The van der Waals surface area contributed by atoms with Crippen molar-refractivity contribution < 1.29 is 9.53 Å². The zero-order valence-corrected chi connectivity index (χ0v) is 8.79. The molecule has 2 saturated heterocycles. The van der Waals surface area contributed by atoms with Crippen LogP contribution in [0.5, 0.6) is 0 Å². The van der Waals surface area contributed by atoms with Gasteiger partial charge in [-0.1, -0.05) is 6.92 Å². The highest BCUT2D eigenvalue weighted by molar-refractivity contribution is 5.83. The molecule has 1 atom stereocenters. The minimum Gasteiger partial charge on any atom is -0.381 e. The van der Waals surface area contributed by atoms with E-state index in [1.807, 2.05) is 0 Å². The van der Waals surface area contributed by atoms with E-state index >= 15 is 0 Å². The highest BCUT2D eigenvalue weighted by atomic mass is 16.5. The fourth-order valence-corrected chi connectivity index (χ4v) is 2.25. The maximum absolute atomic E-state index is 12.0. The Balaban J connectivity index is 1.85. The van der Waals surface area contributed by atoms with Crippen molar-refractivity contribution in [3.8, 4) is 0 Å². The van der Waals surface area contributed by atoms with Crippen molar-refractivity contribution in [2.45, 2.75) is 19.8 Å². The van der Waals surface area contributed by atoms with Gasteiger partial charge in [-0.3, -0.25) is 4.79 Å². The lowest BCUT2D eigenvalue weighted by atomic mass is 9.79. The van der Waals surface area contributed by atoms with Crippen LogP contribution in [-0.4, -0.2) is 32.1 Å². The van der Waals surface area contributed by atoms with E-state index in [0.717, 1.165) is 39.1 Å². The molecule has 0 aliphatic carbocycles. The summed E-state index contributed by atoms with van der Waals surface area (Å²) in [6.07, 6.45) is 1.87. The molecule has 0 aromatic carbocycles. The summed E-state index contributed by atoms with van der Waals surface area (Å²) >= 11 is 0. The van der Waals surface area contributed by atoms with Crippen LogP contribution < -0.4 is 5.32 Å². The van der Waals surface area contributed by atoms with Crippen molar-refractivity contribution in [3.63, 3.8) is 0 Å². The van der Waals surface area contributed by atoms with Gasteiger partial charge in [-0.2, -0.15) is 0 Å². The molecule has 0 saturated carbocycles. The summed E-state index contributed by atoms with van der Waals surface area (Å²) in [5.74, 6) is 1.59. The lowest BCUT2D eigenvalue weighted by Crippen LogP contribution is -2.48. The summed E-state index contributed by atoms with van der Waals surface area (Å²) in [6.45, 7) is 5.67. The monoisotopic (exact) mass is 197 g/mol. The maximum atomic E-state index is 12.0. The first kappa shape index (κ1) is 10.1. The molecular formula is C11H19NO2. The first-order chi connectivity index (χ1) is 6.79. The summed E-state index contributed by atoms with van der Waals surface area (Å²) in [5, 5.41) is 3.22. The van der Waals surface area contributed by atoms with E-state index < -0.39 is 0 Å². The van der Waals surface area contributed by atoms with Crippen LogP contribution in [0.25, 0.3) is 0 Å². The summed E-state index contributed by atoms with van der Waals surface area (Å²) in [6, 6.07) is 0. The van der Waals surface area contributed by atoms with Gasteiger partial charge in [0, 0.05) is 25.0 Å². The van der Waals surface area contributed by atoms with Crippen molar-refractivity contribution in [2.75, 3.05) is 26.3 Å². The molecule has 80 valence electrons. The SMILES string of the molecule is CC(C(=O)C1CCOCC1)C1CNC1. The van der Waals surface area contributed by atoms with Gasteiger partial charge >= 0.3 is 0 Å². The molecule has 2 aliphatic heterocycles. The van der Waals surface area contributed by atoms with Crippen LogP contribution in [0.15, 0.2) is 0 Å². The lowest BCUT2D eigenvalue weighted by molar-refractivity contribution is -0.131. The highest BCUT2D eigenvalue weighted by Gasteiger charge is 2.33. The molecule has 0 aromatic heterocycles. The van der Waals surface area contributed by atoms with Gasteiger partial charge in [-0.05, 0) is 31.8 Å². The summed E-state index contributed by atoms with van der Waals surface area (Å²) in [4.78, 5) is 12.0. The number of ether oxygens (including phenoxy) is 1. The number of rotatable bonds is 3. The fourth-order valence-electron chi connectivity index (χ4n) is 2.25. The molecule has 14 heavy (non-hydrogen) atoms. The molecule has 2 aliphatic rings. The average molecular weight is 197 g/mol. The molecular weight excluding hydrogens is 178 g/mol. The van der Waals surface area contributed by atoms with Crippen LogP contribution in [0.4, 0.5) is 0 Å². The van der Waals surface area contributed by atoms with E-state index in [2.05, 4.69) is 12.2 Å². The van der Waals surface area contributed by atoms with Gasteiger partial charge in [0.2, 0.25) is 0 Å². The Morgan fingerprint density at radius 3 is 2.50 bits per heavy atom. The van der Waals surface area contributed by atoms with Crippen LogP contribution in [0.1, 0.15) is 19.8 Å². The minimum absolute atomic E-state index is 0.249. The largest absolute Gasteiger partial charge is 0.381 e. The molecule has 0 aromatic rings. The molecule has 1 unspecified atom stereocenters. The molecule has 0 spiro atoms. The summed E-state index contributed by atoms with van der Waals surface area (Å²) in [5.41, 5.74) is 0. The van der Waals surface area contributed by atoms with Gasteiger partial charge in [0.05, 0.1) is 0 Å². The second-order valence-corrected chi connectivity index (χ2v) is 4.50. The predicted molar refractivity (Wildman–Crippen MR) is 54.1 cm³/mol. The number of ketones is 1. The van der Waals surface area contributed by atoms with Crippen LogP contribution in [0.2, 0.25) is 0 Å². The third-order valence-electron chi connectivity index (χ3n) is 3.59. The first-order valence-electron chi connectivity index (χ1n) is 5.61. The number of Topliss-reactive ketones (excluding diaryl/α,β-unsaturated/α-hetero) is 1. The minimum atomic E-state index is 0.249. The molecule has 0 amide bonds. The Bertz CT molecular complexity index is 203. The Morgan fingerprint density at radius 2 is 2.00 bits per heavy atom. The standard InChI is InChI=1S/C11H19NO2/c1-8(10-6-12-7-10)11(13)9-2-4-14-5-3-9/h8-10,12H,2-7H2,1H3. The van der Waals surface area contributed by atoms with Crippen molar-refractivity contribution in [1.29, 1.82) is 0 Å². The molecule has 2 fully saturated rings. The maximum Gasteiger partial charge on any atom is 0.139 e. The zero-order valence-electron chi connectivity index (χ0n) is 8.79. The third-order valence-corrected chi connectivity index (χ3v) is 3.59. The Hall–Kier alpha value is -0.410. The average Bonchev–Trinajstić information content (AvgIpc) is 2.15. The molecule has 0 radical (unpaired) electrons. The van der Waals surface area contributed by atoms with E-state index in [1.165, 1.54) is 0 Å². The lowest BCUT2D eigenvalue weighted by Gasteiger charge is -2.34. The highest BCUT2D eigenvalue weighted by Crippen LogP contribution is 2.25. The smallest absolute Gasteiger partial charge is 0.139 e. The predicted octanol–water partition coefficient (Wildman–Crippen LogP) is 0.838. The first-order valence-corrected chi connectivity index (χ1v) is 5.61. The van der Waals surface area contributed by atoms with Crippen LogP contribution in [0.3, 0.4) is 0 Å². The molecule has 2 rings (SSSR count). The molecule has 3 nitrogen and oxygen atoms in total. The van der Waals surface area contributed by atoms with Crippen LogP contribution in [0, 0.1) is 17.8 Å². The number of hydrogen-bond donors (Lipinski definition) is 1. The Morgan fingerprint density at radius 1 is 1.36 bits per heavy atom. The van der Waals surface area contributed by atoms with Gasteiger partial charge < -0.3 is 10.1 Å². The molecule has 1 N–H and O–H groups in total. The Kier molecular flexibility index (Phi) is 3.19. The van der Waals surface area contributed by atoms with Gasteiger partial charge in [0.15, 0.2) is 0 Å². The second-order valence-electron chi connectivity index (χ2n) is 4.50. The van der Waals surface area contributed by atoms with E-state index in [1.54, 1.807) is 0 Å². The van der Waals surface area contributed by atoms with Crippen LogP contribution in [-0.2, 0) is 9.53 Å². The van der Waals surface area contributed by atoms with E-state index in [4.69, 9.17) is 4.74 Å². The van der Waals surface area contributed by atoms with Crippen LogP contribution >= 0.6 is 0 Å². The number of hydrogen-bond acceptors (Lipinski definition) is 3. The quantitative estimate of drug-likeness (QED) is 0.728. The number of carbonyl (C=O) groups excluding carboxylic acids is 1. The number of carbonyl (C=O) groups is 1. The normalized spacial score (nSPS) is 26.9. The summed E-state index contributed by atoms with van der Waals surface area (Å²) in [7, 11) is 0. The van der Waals surface area contributed by atoms with Crippen molar-refractivity contribution >= 4 is 5.78 Å². The topological polar surface area (TPSA) is 38.3 Å².